The van der Waals surface area contributed by atoms with Gasteiger partial charge in [0.15, 0.2) is 0 Å². The fraction of sp³-hybridized carbons (Fsp3) is 0.500. The molecule has 1 aliphatic rings. The lowest BCUT2D eigenvalue weighted by Crippen LogP contribution is -2.41. The SMILES string of the molecule is O=C=NC1CCN(S(=O)(=O)CCc2ccccc2)CC1. The molecule has 108 valence electrons. The molecule has 0 saturated carbocycles. The van der Waals surface area contributed by atoms with Gasteiger partial charge in [0.1, 0.15) is 0 Å². The fourth-order valence-electron chi connectivity index (χ4n) is 2.34. The van der Waals surface area contributed by atoms with Gasteiger partial charge in [-0.15, -0.1) is 0 Å². The quantitative estimate of drug-likeness (QED) is 0.608. The van der Waals surface area contributed by atoms with Crippen LogP contribution in [-0.2, 0) is 21.2 Å². The normalized spacial score (nSPS) is 17.6. The molecule has 0 aromatic heterocycles. The zero-order valence-electron chi connectivity index (χ0n) is 11.2. The molecule has 1 saturated heterocycles. The summed E-state index contributed by atoms with van der Waals surface area (Å²) in [7, 11) is -3.23. The van der Waals surface area contributed by atoms with Gasteiger partial charge in [-0.3, -0.25) is 0 Å². The summed E-state index contributed by atoms with van der Waals surface area (Å²) in [6, 6.07) is 9.51. The molecule has 2 rings (SSSR count). The molecular weight excluding hydrogens is 276 g/mol. The van der Waals surface area contributed by atoms with Gasteiger partial charge in [-0.25, -0.2) is 22.5 Å². The molecule has 1 fully saturated rings. The summed E-state index contributed by atoms with van der Waals surface area (Å²) in [6.45, 7) is 0.875. The number of hydrogen-bond acceptors (Lipinski definition) is 4. The van der Waals surface area contributed by atoms with E-state index in [9.17, 15) is 13.2 Å². The summed E-state index contributed by atoms with van der Waals surface area (Å²) in [5.74, 6) is 0.124. The largest absolute Gasteiger partial charge is 0.235 e. The Morgan fingerprint density at radius 3 is 2.45 bits per heavy atom. The highest BCUT2D eigenvalue weighted by Crippen LogP contribution is 2.17. The first-order chi connectivity index (χ1) is 9.62. The van der Waals surface area contributed by atoms with Crippen LogP contribution in [0.4, 0.5) is 0 Å². The van der Waals surface area contributed by atoms with Crippen molar-refractivity contribution in [3.05, 3.63) is 35.9 Å². The van der Waals surface area contributed by atoms with Gasteiger partial charge >= 0.3 is 0 Å². The zero-order chi connectivity index (χ0) is 14.4. The minimum absolute atomic E-state index is 0.0759. The Balaban J connectivity index is 1.90. The topological polar surface area (TPSA) is 66.8 Å². The van der Waals surface area contributed by atoms with Crippen LogP contribution in [0.5, 0.6) is 0 Å². The van der Waals surface area contributed by atoms with E-state index >= 15 is 0 Å². The van der Waals surface area contributed by atoms with Crippen LogP contribution in [0.3, 0.4) is 0 Å². The smallest absolute Gasteiger partial charge is 0.212 e. The number of hydrogen-bond donors (Lipinski definition) is 0. The van der Waals surface area contributed by atoms with Crippen LogP contribution >= 0.6 is 0 Å². The van der Waals surface area contributed by atoms with Crippen LogP contribution in [0, 0.1) is 0 Å². The lowest BCUT2D eigenvalue weighted by molar-refractivity contribution is 0.320. The molecule has 0 aliphatic carbocycles. The van der Waals surface area contributed by atoms with Gasteiger partial charge < -0.3 is 0 Å². The third-order valence-electron chi connectivity index (χ3n) is 3.54. The summed E-state index contributed by atoms with van der Waals surface area (Å²) in [6.07, 6.45) is 3.26. The number of piperidine rings is 1. The molecular formula is C14H18N2O3S. The average molecular weight is 294 g/mol. The molecule has 6 heteroatoms. The summed E-state index contributed by atoms with van der Waals surface area (Å²) in [5, 5.41) is 0. The van der Waals surface area contributed by atoms with Crippen LogP contribution in [-0.4, -0.2) is 43.7 Å². The van der Waals surface area contributed by atoms with E-state index in [1.54, 1.807) is 6.08 Å². The second kappa shape index (κ2) is 6.79. The maximum atomic E-state index is 12.2. The van der Waals surface area contributed by atoms with Crippen molar-refractivity contribution < 1.29 is 13.2 Å². The molecule has 1 aromatic carbocycles. The van der Waals surface area contributed by atoms with Crippen molar-refractivity contribution in [2.45, 2.75) is 25.3 Å². The van der Waals surface area contributed by atoms with Crippen LogP contribution < -0.4 is 0 Å². The Kier molecular flexibility index (Phi) is 5.06. The number of sulfonamides is 1. The van der Waals surface area contributed by atoms with Crippen LogP contribution in [0.25, 0.3) is 0 Å². The average Bonchev–Trinajstić information content (AvgIpc) is 2.47. The van der Waals surface area contributed by atoms with Crippen molar-refractivity contribution in [1.29, 1.82) is 0 Å². The van der Waals surface area contributed by atoms with Crippen molar-refractivity contribution in [3.8, 4) is 0 Å². The zero-order valence-corrected chi connectivity index (χ0v) is 12.1. The van der Waals surface area contributed by atoms with Crippen molar-refractivity contribution in [2.24, 2.45) is 4.99 Å². The van der Waals surface area contributed by atoms with Crippen molar-refractivity contribution in [1.82, 2.24) is 4.31 Å². The van der Waals surface area contributed by atoms with Crippen LogP contribution in [0.2, 0.25) is 0 Å². The van der Waals surface area contributed by atoms with Gasteiger partial charge in [0.2, 0.25) is 16.1 Å². The van der Waals surface area contributed by atoms with Crippen molar-refractivity contribution in [2.75, 3.05) is 18.8 Å². The lowest BCUT2D eigenvalue weighted by atomic mass is 10.1. The second-order valence-electron chi connectivity index (χ2n) is 4.90. The summed E-state index contributed by atoms with van der Waals surface area (Å²) >= 11 is 0. The van der Waals surface area contributed by atoms with Crippen molar-refractivity contribution in [3.63, 3.8) is 0 Å². The minimum atomic E-state index is -3.23. The fourth-order valence-corrected chi connectivity index (χ4v) is 3.86. The molecule has 0 atom stereocenters. The van der Waals surface area contributed by atoms with E-state index in [1.807, 2.05) is 30.3 Å². The third-order valence-corrected chi connectivity index (χ3v) is 5.42. The van der Waals surface area contributed by atoms with Gasteiger partial charge in [-0.1, -0.05) is 30.3 Å². The van der Waals surface area contributed by atoms with E-state index in [4.69, 9.17) is 0 Å². The highest BCUT2D eigenvalue weighted by atomic mass is 32.2. The predicted molar refractivity (Wildman–Crippen MR) is 76.6 cm³/mol. The first kappa shape index (κ1) is 14.9. The Hall–Kier alpha value is -1.49. The Labute approximate surface area is 119 Å². The molecule has 0 spiro atoms. The molecule has 1 aliphatic heterocycles. The predicted octanol–water partition coefficient (Wildman–Crippen LogP) is 1.36. The number of aliphatic imine (C=N–C) groups is 1. The molecule has 0 N–H and O–H groups in total. The molecule has 1 heterocycles. The Morgan fingerprint density at radius 2 is 1.85 bits per heavy atom. The maximum Gasteiger partial charge on any atom is 0.235 e. The monoisotopic (exact) mass is 294 g/mol. The Morgan fingerprint density at radius 1 is 1.20 bits per heavy atom. The number of aryl methyl sites for hydroxylation is 1. The summed E-state index contributed by atoms with van der Waals surface area (Å²) in [5.41, 5.74) is 1.02. The van der Waals surface area contributed by atoms with Gasteiger partial charge in [0.05, 0.1) is 11.8 Å². The number of nitrogens with zero attached hydrogens (tertiary/aromatic N) is 2. The van der Waals surface area contributed by atoms with Gasteiger partial charge in [-0.05, 0) is 24.8 Å². The first-order valence-corrected chi connectivity index (χ1v) is 8.31. The Bertz CT molecular complexity index is 572. The van der Waals surface area contributed by atoms with Crippen LogP contribution in [0.15, 0.2) is 35.3 Å². The van der Waals surface area contributed by atoms with Gasteiger partial charge in [-0.2, -0.15) is 0 Å². The molecule has 0 radical (unpaired) electrons. The molecule has 20 heavy (non-hydrogen) atoms. The summed E-state index contributed by atoms with van der Waals surface area (Å²) in [4.78, 5) is 13.9. The number of carbonyl (C=O) groups excluding carboxylic acids is 1. The molecule has 1 aromatic rings. The van der Waals surface area contributed by atoms with E-state index < -0.39 is 10.0 Å². The highest BCUT2D eigenvalue weighted by molar-refractivity contribution is 7.89. The molecule has 0 unspecified atom stereocenters. The summed E-state index contributed by atoms with van der Waals surface area (Å²) < 4.78 is 26.0. The standard InChI is InChI=1S/C14H18N2O3S/c17-12-15-14-6-9-16(10-7-14)20(18,19)11-8-13-4-2-1-3-5-13/h1-5,14H,6-11H2. The molecule has 0 amide bonds. The van der Waals surface area contributed by atoms with E-state index in [-0.39, 0.29) is 11.8 Å². The number of benzene rings is 1. The van der Waals surface area contributed by atoms with Gasteiger partial charge in [0.25, 0.3) is 0 Å². The van der Waals surface area contributed by atoms with Crippen molar-refractivity contribution >= 4 is 16.1 Å². The molecule has 0 bridgehead atoms. The van der Waals surface area contributed by atoms with Gasteiger partial charge in [0, 0.05) is 13.1 Å². The minimum Gasteiger partial charge on any atom is -0.212 e. The highest BCUT2D eigenvalue weighted by Gasteiger charge is 2.27. The van der Waals surface area contributed by atoms with E-state index in [2.05, 4.69) is 4.99 Å². The second-order valence-corrected chi connectivity index (χ2v) is 6.99. The lowest BCUT2D eigenvalue weighted by Gasteiger charge is -2.28. The third kappa shape index (κ3) is 4.00. The van der Waals surface area contributed by atoms with E-state index in [0.717, 1.165) is 5.56 Å². The first-order valence-electron chi connectivity index (χ1n) is 6.70. The number of isocyanates is 1. The van der Waals surface area contributed by atoms with Crippen LogP contribution in [0.1, 0.15) is 18.4 Å². The van der Waals surface area contributed by atoms with E-state index in [1.165, 1.54) is 4.31 Å². The maximum absolute atomic E-state index is 12.2. The molecule has 5 nitrogen and oxygen atoms in total. The van der Waals surface area contributed by atoms with E-state index in [0.29, 0.717) is 32.4 Å². The number of rotatable bonds is 5.